The number of methoxy groups -OCH3 is 1. The van der Waals surface area contributed by atoms with Gasteiger partial charge in [0.05, 0.1) is 30.2 Å². The highest BCUT2D eigenvalue weighted by Gasteiger charge is 2.47. The Labute approximate surface area is 273 Å². The second-order valence-corrected chi connectivity index (χ2v) is 13.5. The van der Waals surface area contributed by atoms with Crippen LogP contribution in [0.5, 0.6) is 5.88 Å². The van der Waals surface area contributed by atoms with Crippen LogP contribution in [0.4, 0.5) is 0 Å². The molecule has 5 aromatic rings. The molecule has 2 saturated heterocycles. The maximum absolute atomic E-state index is 13.8. The molecule has 11 nitrogen and oxygen atoms in total. The Bertz CT molecular complexity index is 2060. The smallest absolute Gasteiger partial charge is 0.254 e. The number of nitrogens with zero attached hydrogens (tertiary/aromatic N) is 6. The van der Waals surface area contributed by atoms with Crippen LogP contribution in [-0.4, -0.2) is 65.9 Å². The molecule has 7 heterocycles. The Morgan fingerprint density at radius 2 is 1.87 bits per heavy atom. The summed E-state index contributed by atoms with van der Waals surface area (Å²) in [6.45, 7) is 6.69. The number of hydrogen-bond acceptors (Lipinski definition) is 7. The molecule has 3 N–H and O–H groups in total. The van der Waals surface area contributed by atoms with Gasteiger partial charge < -0.3 is 25.3 Å². The monoisotopic (exact) mass is 632 g/mol. The Balaban J connectivity index is 1.17. The van der Waals surface area contributed by atoms with E-state index in [4.69, 9.17) is 20.4 Å². The van der Waals surface area contributed by atoms with Gasteiger partial charge >= 0.3 is 0 Å². The average Bonchev–Trinajstić information content (AvgIpc) is 3.38. The van der Waals surface area contributed by atoms with E-state index in [9.17, 15) is 9.59 Å². The van der Waals surface area contributed by atoms with Crippen molar-refractivity contribution in [1.82, 2.24) is 34.1 Å². The number of pyridine rings is 3. The molecule has 1 aliphatic carbocycles. The lowest BCUT2D eigenvalue weighted by atomic mass is 9.97. The SMILES string of the molecule is COc1cc(C(=O)N2C3CC[C@H]2C[C@H]3N)cc2nc(-c3cc4ccc([C@@H](C)NC(=O)c5ccnc(C)c5)nc4n3CC3CC3)c(C)n12. The fourth-order valence-corrected chi connectivity index (χ4v) is 7.66. The van der Waals surface area contributed by atoms with Gasteiger partial charge in [0.15, 0.2) is 5.88 Å². The maximum Gasteiger partial charge on any atom is 0.254 e. The molecule has 2 aliphatic heterocycles. The summed E-state index contributed by atoms with van der Waals surface area (Å²) < 4.78 is 10.1. The molecule has 2 amide bonds. The van der Waals surface area contributed by atoms with Gasteiger partial charge in [-0.25, -0.2) is 9.97 Å². The fraction of sp³-hybridized carbons (Fsp3) is 0.417. The first-order chi connectivity index (χ1) is 22.7. The molecular formula is C36H40N8O3. The predicted octanol–water partition coefficient (Wildman–Crippen LogP) is 4.98. The van der Waals surface area contributed by atoms with E-state index in [1.165, 1.54) is 12.8 Å². The molecule has 3 aliphatic rings. The van der Waals surface area contributed by atoms with Gasteiger partial charge in [-0.05, 0) is 95.2 Å². The van der Waals surface area contributed by atoms with E-state index in [0.29, 0.717) is 28.6 Å². The van der Waals surface area contributed by atoms with Crippen molar-refractivity contribution in [2.45, 2.75) is 83.6 Å². The molecule has 1 saturated carbocycles. The first-order valence-electron chi connectivity index (χ1n) is 16.6. The number of rotatable bonds is 8. The second-order valence-electron chi connectivity index (χ2n) is 13.5. The minimum Gasteiger partial charge on any atom is -0.482 e. The zero-order valence-corrected chi connectivity index (χ0v) is 27.2. The number of carbonyl (C=O) groups excluding carboxylic acids is 2. The Hall–Kier alpha value is -4.77. The van der Waals surface area contributed by atoms with Gasteiger partial charge in [-0.15, -0.1) is 0 Å². The summed E-state index contributed by atoms with van der Waals surface area (Å²) in [6, 6.07) is 13.4. The van der Waals surface area contributed by atoms with Gasteiger partial charge in [-0.1, -0.05) is 0 Å². The number of nitrogens with two attached hydrogens (primary N) is 1. The van der Waals surface area contributed by atoms with Crippen molar-refractivity contribution >= 4 is 28.5 Å². The summed E-state index contributed by atoms with van der Waals surface area (Å²) >= 11 is 0. The van der Waals surface area contributed by atoms with Crippen LogP contribution in [0.15, 0.2) is 48.7 Å². The van der Waals surface area contributed by atoms with Crippen molar-refractivity contribution in [3.8, 4) is 17.3 Å². The van der Waals surface area contributed by atoms with Crippen LogP contribution in [0.1, 0.15) is 82.9 Å². The quantitative estimate of drug-likeness (QED) is 0.247. The number of fused-ring (bicyclic) bond motifs is 4. The lowest BCUT2D eigenvalue weighted by Gasteiger charge is -2.23. The van der Waals surface area contributed by atoms with Crippen LogP contribution >= 0.6 is 0 Å². The first-order valence-corrected chi connectivity index (χ1v) is 16.6. The topological polar surface area (TPSA) is 133 Å². The van der Waals surface area contributed by atoms with Crippen LogP contribution in [-0.2, 0) is 6.54 Å². The van der Waals surface area contributed by atoms with E-state index in [1.54, 1.807) is 25.4 Å². The molecule has 4 atom stereocenters. The first kappa shape index (κ1) is 29.6. The highest BCUT2D eigenvalue weighted by Crippen LogP contribution is 2.40. The normalized spacial score (nSPS) is 21.1. The third kappa shape index (κ3) is 5.04. The minimum absolute atomic E-state index is 0.00620. The zero-order chi connectivity index (χ0) is 32.6. The van der Waals surface area contributed by atoms with Crippen molar-refractivity contribution in [2.75, 3.05) is 7.11 Å². The molecule has 0 radical (unpaired) electrons. The molecule has 47 heavy (non-hydrogen) atoms. The van der Waals surface area contributed by atoms with Gasteiger partial charge in [-0.2, -0.15) is 0 Å². The standard InChI is InChI=1S/C36H40N8O3/c1-19-13-24(11-12-38-19)35(45)39-20(2)28-9-7-23-14-30(42(34(23)40-28)18-22-5-6-22)33-21(3)43-31(41-33)15-25(16-32(43)47-4)36(46)44-26-8-10-29(44)27(37)17-26/h7,9,11-16,20,22,26-27,29H,5-6,8,10,17-18,37H2,1-4H3,(H,39,45)/t20-,26+,27-,29?/m1/s1. The van der Waals surface area contributed by atoms with Gasteiger partial charge in [0.1, 0.15) is 17.0 Å². The minimum atomic E-state index is -0.300. The van der Waals surface area contributed by atoms with Gasteiger partial charge in [0.2, 0.25) is 0 Å². The van der Waals surface area contributed by atoms with E-state index >= 15 is 0 Å². The summed E-state index contributed by atoms with van der Waals surface area (Å²) in [5.74, 6) is 0.983. The highest BCUT2D eigenvalue weighted by molar-refractivity contribution is 5.97. The van der Waals surface area contributed by atoms with E-state index in [0.717, 1.165) is 65.3 Å². The lowest BCUT2D eigenvalue weighted by Crippen LogP contribution is -2.40. The zero-order valence-electron chi connectivity index (χ0n) is 27.2. The van der Waals surface area contributed by atoms with Crippen LogP contribution in [0.3, 0.4) is 0 Å². The van der Waals surface area contributed by atoms with Crippen LogP contribution < -0.4 is 15.8 Å². The number of aryl methyl sites for hydroxylation is 2. The van der Waals surface area contributed by atoms with E-state index in [2.05, 4.69) is 27.0 Å². The number of aromatic nitrogens is 5. The van der Waals surface area contributed by atoms with Gasteiger partial charge in [0, 0.05) is 59.1 Å². The fourth-order valence-electron chi connectivity index (χ4n) is 7.66. The molecule has 2 bridgehead atoms. The summed E-state index contributed by atoms with van der Waals surface area (Å²) in [5.41, 5.74) is 13.3. The van der Waals surface area contributed by atoms with Crippen molar-refractivity contribution in [2.24, 2.45) is 11.7 Å². The predicted molar refractivity (Wildman–Crippen MR) is 178 cm³/mol. The number of imidazole rings is 1. The van der Waals surface area contributed by atoms with Gasteiger partial charge in [-0.3, -0.25) is 19.0 Å². The van der Waals surface area contributed by atoms with Crippen molar-refractivity contribution in [3.63, 3.8) is 0 Å². The van der Waals surface area contributed by atoms with E-state index in [-0.39, 0.29) is 36.0 Å². The molecule has 3 fully saturated rings. The number of nitrogens with one attached hydrogen (secondary N) is 1. The Morgan fingerprint density at radius 1 is 1.04 bits per heavy atom. The largest absolute Gasteiger partial charge is 0.482 e. The highest BCUT2D eigenvalue weighted by atomic mass is 16.5. The third-order valence-corrected chi connectivity index (χ3v) is 10.3. The summed E-state index contributed by atoms with van der Waals surface area (Å²) in [5, 5.41) is 4.10. The van der Waals surface area contributed by atoms with Crippen LogP contribution in [0, 0.1) is 19.8 Å². The second kappa shape index (κ2) is 11.2. The van der Waals surface area contributed by atoms with Crippen molar-refractivity contribution in [3.05, 3.63) is 76.9 Å². The molecule has 8 rings (SSSR count). The molecule has 5 aromatic heterocycles. The maximum atomic E-state index is 13.8. The summed E-state index contributed by atoms with van der Waals surface area (Å²) in [6.07, 6.45) is 6.84. The van der Waals surface area contributed by atoms with Crippen molar-refractivity contribution in [1.29, 1.82) is 0 Å². The molecule has 242 valence electrons. The molecule has 0 aromatic carbocycles. The van der Waals surface area contributed by atoms with Crippen molar-refractivity contribution < 1.29 is 14.3 Å². The Kier molecular flexibility index (Phi) is 7.05. The number of ether oxygens (including phenoxy) is 1. The molecular weight excluding hydrogens is 592 g/mol. The molecule has 0 spiro atoms. The lowest BCUT2D eigenvalue weighted by molar-refractivity contribution is 0.0725. The molecule has 1 unspecified atom stereocenters. The third-order valence-electron chi connectivity index (χ3n) is 10.3. The Morgan fingerprint density at radius 3 is 2.57 bits per heavy atom. The number of hydrogen-bond donors (Lipinski definition) is 2. The average molecular weight is 633 g/mol. The summed E-state index contributed by atoms with van der Waals surface area (Å²) in [7, 11) is 1.63. The van der Waals surface area contributed by atoms with Crippen LogP contribution in [0.25, 0.3) is 28.1 Å². The van der Waals surface area contributed by atoms with E-state index < -0.39 is 0 Å². The number of amides is 2. The summed E-state index contributed by atoms with van der Waals surface area (Å²) in [4.78, 5) is 43.2. The van der Waals surface area contributed by atoms with E-state index in [1.807, 2.05) is 48.3 Å². The van der Waals surface area contributed by atoms with Gasteiger partial charge in [0.25, 0.3) is 11.8 Å². The number of carbonyl (C=O) groups is 2. The molecule has 11 heteroatoms. The van der Waals surface area contributed by atoms with Crippen LogP contribution in [0.2, 0.25) is 0 Å².